The highest BCUT2D eigenvalue weighted by Crippen LogP contribution is 2.33. The Balaban J connectivity index is 1.69. The van der Waals surface area contributed by atoms with Crippen molar-refractivity contribution in [1.29, 1.82) is 0 Å². The number of hydrogen-bond donors (Lipinski definition) is 2. The van der Waals surface area contributed by atoms with Crippen LogP contribution in [-0.4, -0.2) is 25.7 Å². The zero-order chi connectivity index (χ0) is 19.4. The second kappa shape index (κ2) is 8.33. The van der Waals surface area contributed by atoms with Gasteiger partial charge >= 0.3 is 0 Å². The summed E-state index contributed by atoms with van der Waals surface area (Å²) >= 11 is 0. The van der Waals surface area contributed by atoms with E-state index in [0.717, 1.165) is 28.3 Å². The molecule has 5 heteroatoms. The molecular formula is C22H28N2O3. The van der Waals surface area contributed by atoms with Crippen LogP contribution >= 0.6 is 0 Å². The van der Waals surface area contributed by atoms with Crippen LogP contribution in [0.15, 0.2) is 36.4 Å². The molecule has 1 aliphatic heterocycles. The van der Waals surface area contributed by atoms with Crippen LogP contribution in [0.1, 0.15) is 50.7 Å². The predicted octanol–water partition coefficient (Wildman–Crippen LogP) is 4.76. The minimum atomic E-state index is -0.0695. The van der Waals surface area contributed by atoms with Crippen LogP contribution in [0.5, 0.6) is 11.5 Å². The summed E-state index contributed by atoms with van der Waals surface area (Å²) in [6.07, 6.45) is 0. The molecule has 2 N–H and O–H groups in total. The summed E-state index contributed by atoms with van der Waals surface area (Å²) in [7, 11) is 0. The first-order valence-corrected chi connectivity index (χ1v) is 9.52. The lowest BCUT2D eigenvalue weighted by Crippen LogP contribution is -2.23. The highest BCUT2D eigenvalue weighted by molar-refractivity contribution is 5.95. The van der Waals surface area contributed by atoms with Crippen LogP contribution in [0.2, 0.25) is 0 Å². The molecule has 2 aromatic carbocycles. The molecule has 0 unspecified atom stereocenters. The predicted molar refractivity (Wildman–Crippen MR) is 109 cm³/mol. The van der Waals surface area contributed by atoms with E-state index in [1.54, 1.807) is 0 Å². The number of anilines is 2. The van der Waals surface area contributed by atoms with E-state index in [9.17, 15) is 4.79 Å². The van der Waals surface area contributed by atoms with Gasteiger partial charge in [0.2, 0.25) is 5.91 Å². The van der Waals surface area contributed by atoms with Crippen LogP contribution in [0, 0.1) is 0 Å². The van der Waals surface area contributed by atoms with Gasteiger partial charge in [0.1, 0.15) is 13.2 Å². The van der Waals surface area contributed by atoms with Gasteiger partial charge in [-0.15, -0.1) is 0 Å². The molecule has 0 saturated carbocycles. The summed E-state index contributed by atoms with van der Waals surface area (Å²) in [5.74, 6) is 2.05. The van der Waals surface area contributed by atoms with Crippen molar-refractivity contribution in [3.8, 4) is 11.5 Å². The molecule has 5 nitrogen and oxygen atoms in total. The van der Waals surface area contributed by atoms with E-state index in [2.05, 4.69) is 56.5 Å². The maximum absolute atomic E-state index is 12.6. The van der Waals surface area contributed by atoms with Crippen LogP contribution in [0.25, 0.3) is 0 Å². The third-order valence-corrected chi connectivity index (χ3v) is 4.63. The fourth-order valence-electron chi connectivity index (χ4n) is 3.21. The molecule has 0 saturated heterocycles. The fourth-order valence-corrected chi connectivity index (χ4v) is 3.21. The lowest BCUT2D eigenvalue weighted by atomic mass is 9.92. The number of fused-ring (bicyclic) bond motifs is 1. The minimum absolute atomic E-state index is 0.0695. The number of carbonyl (C=O) groups excluding carboxylic acids is 1. The average molecular weight is 368 g/mol. The Labute approximate surface area is 161 Å². The van der Waals surface area contributed by atoms with E-state index in [0.29, 0.717) is 30.8 Å². The lowest BCUT2D eigenvalue weighted by molar-refractivity contribution is -0.114. The van der Waals surface area contributed by atoms with Gasteiger partial charge in [-0.25, -0.2) is 0 Å². The Hall–Kier alpha value is -2.69. The highest BCUT2D eigenvalue weighted by atomic mass is 16.6. The summed E-state index contributed by atoms with van der Waals surface area (Å²) in [5.41, 5.74) is 4.09. The Morgan fingerprint density at radius 2 is 1.59 bits per heavy atom. The molecular weight excluding hydrogens is 340 g/mol. The lowest BCUT2D eigenvalue weighted by Gasteiger charge is -2.21. The summed E-state index contributed by atoms with van der Waals surface area (Å²) in [5, 5.41) is 6.28. The Bertz CT molecular complexity index is 789. The SMILES string of the molecule is CC(C)c1cccc(C(C)C)c1NC(=O)CNc1ccc2c(c1)OCCO2. The third kappa shape index (κ3) is 4.54. The smallest absolute Gasteiger partial charge is 0.243 e. The van der Waals surface area contributed by atoms with Crippen LogP contribution in [0.3, 0.4) is 0 Å². The number of para-hydroxylation sites is 1. The molecule has 0 spiro atoms. The molecule has 0 fully saturated rings. The largest absolute Gasteiger partial charge is 0.486 e. The van der Waals surface area contributed by atoms with Crippen molar-refractivity contribution in [2.75, 3.05) is 30.4 Å². The van der Waals surface area contributed by atoms with Crippen LogP contribution < -0.4 is 20.1 Å². The standard InChI is InChI=1S/C22H28N2O3/c1-14(2)17-6-5-7-18(15(3)4)22(17)24-21(25)13-23-16-8-9-19-20(12-16)27-11-10-26-19/h5-9,12,14-15,23H,10-11,13H2,1-4H3,(H,24,25). The monoisotopic (exact) mass is 368 g/mol. The van der Waals surface area contributed by atoms with Crippen molar-refractivity contribution in [3.63, 3.8) is 0 Å². The van der Waals surface area contributed by atoms with Crippen molar-refractivity contribution >= 4 is 17.3 Å². The Kier molecular flexibility index (Phi) is 5.89. The van der Waals surface area contributed by atoms with Crippen molar-refractivity contribution in [2.45, 2.75) is 39.5 Å². The number of hydrogen-bond acceptors (Lipinski definition) is 4. The average Bonchev–Trinajstić information content (AvgIpc) is 2.66. The molecule has 2 aromatic rings. The first-order valence-electron chi connectivity index (χ1n) is 9.52. The number of benzene rings is 2. The molecule has 0 aliphatic carbocycles. The van der Waals surface area contributed by atoms with Gasteiger partial charge in [0, 0.05) is 17.4 Å². The van der Waals surface area contributed by atoms with E-state index in [4.69, 9.17) is 9.47 Å². The van der Waals surface area contributed by atoms with E-state index in [-0.39, 0.29) is 12.5 Å². The van der Waals surface area contributed by atoms with Crippen molar-refractivity contribution in [3.05, 3.63) is 47.5 Å². The molecule has 1 aliphatic rings. The number of rotatable bonds is 6. The van der Waals surface area contributed by atoms with Gasteiger partial charge in [-0.05, 0) is 35.1 Å². The van der Waals surface area contributed by atoms with Gasteiger partial charge in [-0.1, -0.05) is 45.9 Å². The Morgan fingerprint density at radius 1 is 0.963 bits per heavy atom. The zero-order valence-corrected chi connectivity index (χ0v) is 16.5. The second-order valence-electron chi connectivity index (χ2n) is 7.38. The van der Waals surface area contributed by atoms with E-state index in [1.165, 1.54) is 0 Å². The summed E-state index contributed by atoms with van der Waals surface area (Å²) in [4.78, 5) is 12.6. The first kappa shape index (κ1) is 19.1. The minimum Gasteiger partial charge on any atom is -0.486 e. The molecule has 27 heavy (non-hydrogen) atoms. The van der Waals surface area contributed by atoms with Crippen LogP contribution in [-0.2, 0) is 4.79 Å². The molecule has 1 heterocycles. The summed E-state index contributed by atoms with van der Waals surface area (Å²) in [6, 6.07) is 11.8. The van der Waals surface area contributed by atoms with Gasteiger partial charge in [0.25, 0.3) is 0 Å². The molecule has 0 bridgehead atoms. The molecule has 0 atom stereocenters. The van der Waals surface area contributed by atoms with Crippen molar-refractivity contribution in [2.24, 2.45) is 0 Å². The molecule has 1 amide bonds. The van der Waals surface area contributed by atoms with Gasteiger partial charge < -0.3 is 20.1 Å². The molecule has 144 valence electrons. The van der Waals surface area contributed by atoms with Gasteiger partial charge in [0.05, 0.1) is 6.54 Å². The van der Waals surface area contributed by atoms with E-state index in [1.807, 2.05) is 18.2 Å². The molecule has 3 rings (SSSR count). The van der Waals surface area contributed by atoms with Gasteiger partial charge in [-0.3, -0.25) is 4.79 Å². The quantitative estimate of drug-likeness (QED) is 0.772. The zero-order valence-electron chi connectivity index (χ0n) is 16.5. The van der Waals surface area contributed by atoms with Crippen molar-refractivity contribution < 1.29 is 14.3 Å². The fraction of sp³-hybridized carbons (Fsp3) is 0.409. The summed E-state index contributed by atoms with van der Waals surface area (Å²) in [6.45, 7) is 9.86. The number of ether oxygens (including phenoxy) is 2. The maximum Gasteiger partial charge on any atom is 0.243 e. The number of amides is 1. The van der Waals surface area contributed by atoms with Crippen LogP contribution in [0.4, 0.5) is 11.4 Å². The highest BCUT2D eigenvalue weighted by Gasteiger charge is 2.16. The topological polar surface area (TPSA) is 59.6 Å². The van der Waals surface area contributed by atoms with Gasteiger partial charge in [0.15, 0.2) is 11.5 Å². The van der Waals surface area contributed by atoms with Gasteiger partial charge in [-0.2, -0.15) is 0 Å². The first-order chi connectivity index (χ1) is 13.0. The normalized spacial score (nSPS) is 13.0. The summed E-state index contributed by atoms with van der Waals surface area (Å²) < 4.78 is 11.1. The number of nitrogens with one attached hydrogen (secondary N) is 2. The maximum atomic E-state index is 12.6. The Morgan fingerprint density at radius 3 is 2.22 bits per heavy atom. The molecule has 0 aromatic heterocycles. The second-order valence-corrected chi connectivity index (χ2v) is 7.38. The number of carbonyl (C=O) groups is 1. The molecule has 0 radical (unpaired) electrons. The van der Waals surface area contributed by atoms with E-state index >= 15 is 0 Å². The third-order valence-electron chi connectivity index (χ3n) is 4.63. The van der Waals surface area contributed by atoms with Crippen molar-refractivity contribution in [1.82, 2.24) is 0 Å². The van der Waals surface area contributed by atoms with E-state index < -0.39 is 0 Å².